The van der Waals surface area contributed by atoms with Gasteiger partial charge in [-0.25, -0.2) is 0 Å². The van der Waals surface area contributed by atoms with E-state index in [0.717, 1.165) is 18.4 Å². The fourth-order valence-electron chi connectivity index (χ4n) is 5.96. The predicted molar refractivity (Wildman–Crippen MR) is 101 cm³/mol. The van der Waals surface area contributed by atoms with Crippen molar-refractivity contribution in [1.82, 2.24) is 0 Å². The molecule has 0 aromatic rings. The minimum Gasteiger partial charge on any atom is -0.378 e. The van der Waals surface area contributed by atoms with Gasteiger partial charge in [0.1, 0.15) is 0 Å². The number of ether oxygens (including phenoxy) is 1. The highest BCUT2D eigenvalue weighted by atomic mass is 16.5. The van der Waals surface area contributed by atoms with Gasteiger partial charge in [0.2, 0.25) is 0 Å². The van der Waals surface area contributed by atoms with Gasteiger partial charge in [-0.3, -0.25) is 0 Å². The predicted octanol–water partition coefficient (Wildman–Crippen LogP) is 6.36. The van der Waals surface area contributed by atoms with E-state index in [1.807, 2.05) is 0 Å². The first-order valence-corrected chi connectivity index (χ1v) is 10.5. The fraction of sp³-hybridized carbons (Fsp3) is 0.739. The Morgan fingerprint density at radius 3 is 3.04 bits per heavy atom. The molecule has 0 radical (unpaired) electrons. The van der Waals surface area contributed by atoms with E-state index >= 15 is 0 Å². The van der Waals surface area contributed by atoms with Gasteiger partial charge in [-0.1, -0.05) is 38.0 Å². The molecule has 0 aromatic heterocycles. The van der Waals surface area contributed by atoms with Crippen molar-refractivity contribution in [3.05, 3.63) is 34.9 Å². The molecule has 1 heteroatoms. The third kappa shape index (κ3) is 2.83. The topological polar surface area (TPSA) is 9.23 Å². The molecule has 132 valence electrons. The summed E-state index contributed by atoms with van der Waals surface area (Å²) in [5.41, 5.74) is 5.48. The second-order valence-corrected chi connectivity index (χ2v) is 8.68. The first kappa shape index (κ1) is 16.6. The second-order valence-electron chi connectivity index (χ2n) is 8.68. The van der Waals surface area contributed by atoms with Crippen LogP contribution in [0, 0.1) is 17.3 Å². The maximum absolute atomic E-state index is 6.33. The van der Waals surface area contributed by atoms with E-state index < -0.39 is 0 Å². The molecular formula is C23H34O. The molecule has 4 aliphatic rings. The molecule has 0 heterocycles. The average Bonchev–Trinajstić information content (AvgIpc) is 3.04. The van der Waals surface area contributed by atoms with Crippen molar-refractivity contribution in [2.45, 2.75) is 84.2 Å². The maximum Gasteiger partial charge on any atom is 0.0563 e. The van der Waals surface area contributed by atoms with Crippen LogP contribution < -0.4 is 0 Å². The molecule has 0 aliphatic heterocycles. The molecule has 4 atom stereocenters. The van der Waals surface area contributed by atoms with Gasteiger partial charge in [-0.15, -0.1) is 0 Å². The van der Waals surface area contributed by atoms with E-state index in [4.69, 9.17) is 4.74 Å². The molecule has 4 aliphatic carbocycles. The van der Waals surface area contributed by atoms with Crippen LogP contribution in [0.3, 0.4) is 0 Å². The minimum atomic E-state index is 0.340. The van der Waals surface area contributed by atoms with Crippen molar-refractivity contribution in [2.75, 3.05) is 6.61 Å². The smallest absolute Gasteiger partial charge is 0.0563 e. The van der Waals surface area contributed by atoms with Crippen LogP contribution in [0.2, 0.25) is 0 Å². The van der Waals surface area contributed by atoms with Gasteiger partial charge in [0.05, 0.1) is 12.7 Å². The quantitative estimate of drug-likeness (QED) is 0.571. The molecule has 0 aromatic carbocycles. The van der Waals surface area contributed by atoms with Crippen LogP contribution in [0.1, 0.15) is 78.1 Å². The minimum absolute atomic E-state index is 0.340. The standard InChI is InChI=1S/C23H34O/c1-3-7-17(2)24-16-23-14-6-10-22(23)21-12-11-18-8-4-5-9-19(18)20(21)13-15-23/h8,13,15,17,21-22H,3-7,9-12,14,16H2,1-2H3/t17?,21-,22+,23+/m1/s1. The summed E-state index contributed by atoms with van der Waals surface area (Å²) in [6, 6.07) is 0. The third-order valence-electron chi connectivity index (χ3n) is 7.19. The summed E-state index contributed by atoms with van der Waals surface area (Å²) in [5.74, 6) is 1.65. The summed E-state index contributed by atoms with van der Waals surface area (Å²) in [5, 5.41) is 0. The molecule has 1 fully saturated rings. The van der Waals surface area contributed by atoms with Gasteiger partial charge >= 0.3 is 0 Å². The lowest BCUT2D eigenvalue weighted by Gasteiger charge is -2.45. The van der Waals surface area contributed by atoms with E-state index in [0.29, 0.717) is 11.5 Å². The van der Waals surface area contributed by atoms with Crippen LogP contribution in [0.15, 0.2) is 34.9 Å². The molecule has 4 rings (SSSR count). The molecular weight excluding hydrogens is 292 g/mol. The van der Waals surface area contributed by atoms with Crippen molar-refractivity contribution < 1.29 is 4.74 Å². The van der Waals surface area contributed by atoms with Gasteiger partial charge in [0.25, 0.3) is 0 Å². The van der Waals surface area contributed by atoms with Gasteiger partial charge < -0.3 is 4.74 Å². The monoisotopic (exact) mass is 326 g/mol. The molecule has 0 N–H and O–H groups in total. The largest absolute Gasteiger partial charge is 0.378 e. The number of rotatable bonds is 5. The average molecular weight is 327 g/mol. The molecule has 1 nitrogen and oxygen atoms in total. The Bertz CT molecular complexity index is 567. The van der Waals surface area contributed by atoms with Gasteiger partial charge in [0, 0.05) is 5.41 Å². The molecule has 0 spiro atoms. The highest BCUT2D eigenvalue weighted by molar-refractivity contribution is 5.48. The molecule has 0 saturated heterocycles. The van der Waals surface area contributed by atoms with E-state index in [-0.39, 0.29) is 0 Å². The first-order chi connectivity index (χ1) is 11.7. The zero-order valence-electron chi connectivity index (χ0n) is 15.7. The number of hydrogen-bond acceptors (Lipinski definition) is 1. The van der Waals surface area contributed by atoms with Gasteiger partial charge in [-0.05, 0) is 86.8 Å². The summed E-state index contributed by atoms with van der Waals surface area (Å²) in [6.45, 7) is 5.47. The van der Waals surface area contributed by atoms with E-state index in [9.17, 15) is 0 Å². The summed E-state index contributed by atoms with van der Waals surface area (Å²) in [4.78, 5) is 0. The molecule has 1 unspecified atom stereocenters. The highest BCUT2D eigenvalue weighted by Gasteiger charge is 2.49. The first-order valence-electron chi connectivity index (χ1n) is 10.5. The van der Waals surface area contributed by atoms with E-state index in [2.05, 4.69) is 32.1 Å². The Morgan fingerprint density at radius 1 is 1.25 bits per heavy atom. The van der Waals surface area contributed by atoms with Crippen LogP contribution in [0.5, 0.6) is 0 Å². The van der Waals surface area contributed by atoms with Crippen LogP contribution in [-0.4, -0.2) is 12.7 Å². The molecule has 24 heavy (non-hydrogen) atoms. The summed E-state index contributed by atoms with van der Waals surface area (Å²) in [6.07, 6.45) is 21.3. The van der Waals surface area contributed by atoms with E-state index in [1.165, 1.54) is 64.2 Å². The van der Waals surface area contributed by atoms with Crippen molar-refractivity contribution in [3.63, 3.8) is 0 Å². The lowest BCUT2D eigenvalue weighted by atomic mass is 9.60. The van der Waals surface area contributed by atoms with Crippen LogP contribution in [0.4, 0.5) is 0 Å². The Labute approximate surface area is 148 Å². The van der Waals surface area contributed by atoms with Crippen LogP contribution >= 0.6 is 0 Å². The SMILES string of the molecule is CCCC(C)OC[C@]12C=CC3=C4CCCC=C4CC[C@H]3[C@@H]1CCC2. The lowest BCUT2D eigenvalue weighted by Crippen LogP contribution is -2.39. The second kappa shape index (κ2) is 6.83. The lowest BCUT2D eigenvalue weighted by molar-refractivity contribution is -0.0112. The van der Waals surface area contributed by atoms with Gasteiger partial charge in [0.15, 0.2) is 0 Å². The molecule has 0 amide bonds. The van der Waals surface area contributed by atoms with Crippen molar-refractivity contribution >= 4 is 0 Å². The zero-order valence-corrected chi connectivity index (χ0v) is 15.7. The highest BCUT2D eigenvalue weighted by Crippen LogP contribution is 2.57. The normalized spacial score (nSPS) is 36.0. The number of fused-ring (bicyclic) bond motifs is 4. The Morgan fingerprint density at radius 2 is 2.17 bits per heavy atom. The molecule has 1 saturated carbocycles. The third-order valence-corrected chi connectivity index (χ3v) is 7.19. The van der Waals surface area contributed by atoms with Crippen LogP contribution in [-0.2, 0) is 4.74 Å². The Balaban J connectivity index is 1.60. The number of hydrogen-bond donors (Lipinski definition) is 0. The van der Waals surface area contributed by atoms with Crippen molar-refractivity contribution in [2.24, 2.45) is 17.3 Å². The van der Waals surface area contributed by atoms with Crippen molar-refractivity contribution in [3.8, 4) is 0 Å². The molecule has 0 bridgehead atoms. The maximum atomic E-state index is 6.33. The van der Waals surface area contributed by atoms with Crippen molar-refractivity contribution in [1.29, 1.82) is 0 Å². The van der Waals surface area contributed by atoms with Crippen LogP contribution in [0.25, 0.3) is 0 Å². The Hall–Kier alpha value is -0.820. The fourth-order valence-corrected chi connectivity index (χ4v) is 5.96. The van der Waals surface area contributed by atoms with Gasteiger partial charge in [-0.2, -0.15) is 0 Å². The summed E-state index contributed by atoms with van der Waals surface area (Å²) >= 11 is 0. The zero-order chi connectivity index (χ0) is 16.6. The number of allylic oxidation sites excluding steroid dienone is 5. The Kier molecular flexibility index (Phi) is 4.73. The summed E-state index contributed by atoms with van der Waals surface area (Å²) in [7, 11) is 0. The summed E-state index contributed by atoms with van der Waals surface area (Å²) < 4.78 is 6.33. The van der Waals surface area contributed by atoms with E-state index in [1.54, 1.807) is 16.7 Å².